The molecule has 1 atom stereocenters. The van der Waals surface area contributed by atoms with Crippen LogP contribution < -0.4 is 11.1 Å². The third kappa shape index (κ3) is 3.93. The van der Waals surface area contributed by atoms with Gasteiger partial charge in [0.2, 0.25) is 0 Å². The van der Waals surface area contributed by atoms with Crippen LogP contribution in [0.4, 0.5) is 22.4 Å². The molecule has 3 N–H and O–H groups in total. The van der Waals surface area contributed by atoms with E-state index in [-0.39, 0.29) is 35.1 Å². The van der Waals surface area contributed by atoms with E-state index in [0.29, 0.717) is 5.56 Å². The molecule has 3 amide bonds. The molecule has 31 heavy (non-hydrogen) atoms. The number of carbonyl (C=O) groups is 2. The minimum absolute atomic E-state index is 0.0474. The van der Waals surface area contributed by atoms with Crippen LogP contribution in [-0.4, -0.2) is 51.8 Å². The number of amides is 3. The van der Waals surface area contributed by atoms with Gasteiger partial charge in [0, 0.05) is 31.0 Å². The number of aromatic nitrogens is 2. The molecule has 1 aromatic heterocycles. The maximum atomic E-state index is 13.8. The summed E-state index contributed by atoms with van der Waals surface area (Å²) >= 11 is 5.83. The van der Waals surface area contributed by atoms with Crippen LogP contribution in [0.2, 0.25) is 5.02 Å². The number of hydrogen-bond acceptors (Lipinski definition) is 3. The lowest BCUT2D eigenvalue weighted by Gasteiger charge is -2.38. The minimum atomic E-state index is -2.80. The maximum Gasteiger partial charge on any atom is 0.318 e. The Hall–Kier alpha value is -2.82. The fraction of sp³-hybridized carbons (Fsp3) is 0.421. The first kappa shape index (κ1) is 21.4. The molecule has 1 fully saturated rings. The fourth-order valence-corrected chi connectivity index (χ4v) is 4.08. The van der Waals surface area contributed by atoms with Crippen LogP contribution >= 0.6 is 11.6 Å². The molecule has 7 nitrogen and oxygen atoms in total. The molecule has 1 saturated carbocycles. The number of primary amides is 1. The first-order chi connectivity index (χ1) is 14.6. The molecule has 2 aromatic rings. The van der Waals surface area contributed by atoms with Crippen molar-refractivity contribution in [3.63, 3.8) is 0 Å². The van der Waals surface area contributed by atoms with Crippen LogP contribution in [-0.2, 0) is 6.54 Å². The Morgan fingerprint density at radius 3 is 2.61 bits per heavy atom. The summed E-state index contributed by atoms with van der Waals surface area (Å²) in [4.78, 5) is 26.0. The largest absolute Gasteiger partial charge is 0.365 e. The van der Waals surface area contributed by atoms with Crippen molar-refractivity contribution in [2.75, 3.05) is 13.2 Å². The second-order valence-electron chi connectivity index (χ2n) is 7.71. The second-order valence-corrected chi connectivity index (χ2v) is 8.11. The van der Waals surface area contributed by atoms with Crippen LogP contribution in [0.3, 0.4) is 0 Å². The van der Waals surface area contributed by atoms with Gasteiger partial charge in [0.05, 0.1) is 28.9 Å². The van der Waals surface area contributed by atoms with Crippen molar-refractivity contribution in [2.24, 2.45) is 5.73 Å². The number of nitrogens with one attached hydrogen (secondary N) is 1. The smallest absolute Gasteiger partial charge is 0.318 e. The van der Waals surface area contributed by atoms with E-state index in [1.54, 1.807) is 0 Å². The topological polar surface area (TPSA) is 93.2 Å². The quantitative estimate of drug-likeness (QED) is 0.687. The SMILES string of the molecule is NC(=O)c1c(-c2ccc(F)c(Cl)c2)nn2c1CN(C(=O)NC1CC(F)(F)C1)C[C@@H]2CF. The van der Waals surface area contributed by atoms with Gasteiger partial charge in [-0.05, 0) is 18.2 Å². The zero-order valence-corrected chi connectivity index (χ0v) is 16.8. The lowest BCUT2D eigenvalue weighted by Crippen LogP contribution is -2.55. The monoisotopic (exact) mass is 459 g/mol. The number of hydrogen-bond donors (Lipinski definition) is 2. The fourth-order valence-electron chi connectivity index (χ4n) is 3.90. The van der Waals surface area contributed by atoms with Crippen molar-refractivity contribution < 1.29 is 27.2 Å². The van der Waals surface area contributed by atoms with Crippen LogP contribution in [0.15, 0.2) is 18.2 Å². The summed E-state index contributed by atoms with van der Waals surface area (Å²) in [5.41, 5.74) is 6.08. The average Bonchev–Trinajstić information content (AvgIpc) is 3.07. The van der Waals surface area contributed by atoms with E-state index in [0.717, 1.165) is 6.07 Å². The Kier molecular flexibility index (Phi) is 5.32. The van der Waals surface area contributed by atoms with Gasteiger partial charge in [0.25, 0.3) is 11.8 Å². The molecule has 2 heterocycles. The Bertz CT molecular complexity index is 1050. The summed E-state index contributed by atoms with van der Waals surface area (Å²) < 4.78 is 54.7. The van der Waals surface area contributed by atoms with Crippen LogP contribution in [0, 0.1) is 5.82 Å². The molecule has 2 aliphatic rings. The molecule has 1 aliphatic carbocycles. The first-order valence-electron chi connectivity index (χ1n) is 9.45. The Morgan fingerprint density at radius 2 is 2.03 bits per heavy atom. The standard InChI is InChI=1S/C19H18ClF4N5O2/c20-12-3-9(1-2-13(12)22)16-15(17(25)30)14-8-28(7-11(6-21)29(14)27-16)18(31)26-10-4-19(23,24)5-10/h1-3,10-11H,4-8H2,(H2,25,30)(H,26,31)/t11-/m0/s1. The molecular weight excluding hydrogens is 442 g/mol. The van der Waals surface area contributed by atoms with Gasteiger partial charge in [-0.25, -0.2) is 22.4 Å². The second kappa shape index (κ2) is 7.70. The van der Waals surface area contributed by atoms with Gasteiger partial charge in [-0.3, -0.25) is 9.48 Å². The molecule has 0 spiro atoms. The first-order valence-corrected chi connectivity index (χ1v) is 9.83. The molecule has 4 rings (SSSR count). The van der Waals surface area contributed by atoms with Crippen LogP contribution in [0.1, 0.15) is 34.9 Å². The Morgan fingerprint density at radius 1 is 1.32 bits per heavy atom. The number of carbonyl (C=O) groups excluding carboxylic acids is 2. The zero-order valence-electron chi connectivity index (χ0n) is 16.0. The predicted octanol–water partition coefficient (Wildman–Crippen LogP) is 3.28. The number of urea groups is 1. The van der Waals surface area contributed by atoms with E-state index >= 15 is 0 Å². The van der Waals surface area contributed by atoms with E-state index in [2.05, 4.69) is 10.4 Å². The highest BCUT2D eigenvalue weighted by Gasteiger charge is 2.46. The van der Waals surface area contributed by atoms with Gasteiger partial charge in [-0.1, -0.05) is 11.6 Å². The number of fused-ring (bicyclic) bond motifs is 1. The number of nitrogens with two attached hydrogens (primary N) is 1. The van der Waals surface area contributed by atoms with Crippen molar-refractivity contribution in [2.45, 2.75) is 37.4 Å². The molecule has 1 aliphatic heterocycles. The Labute approximate surface area is 179 Å². The summed E-state index contributed by atoms with van der Waals surface area (Å²) in [7, 11) is 0. The molecule has 0 saturated heterocycles. The summed E-state index contributed by atoms with van der Waals surface area (Å²) in [6, 6.07) is 1.48. The lowest BCUT2D eigenvalue weighted by molar-refractivity contribution is -0.0904. The molecule has 1 aromatic carbocycles. The molecule has 0 bridgehead atoms. The summed E-state index contributed by atoms with van der Waals surface area (Å²) in [5, 5.41) is 6.61. The van der Waals surface area contributed by atoms with Gasteiger partial charge < -0.3 is 16.0 Å². The highest BCUT2D eigenvalue weighted by molar-refractivity contribution is 6.31. The number of halogens is 5. The van der Waals surface area contributed by atoms with Gasteiger partial charge in [0.15, 0.2) is 0 Å². The summed E-state index contributed by atoms with van der Waals surface area (Å²) in [5.74, 6) is -4.33. The van der Waals surface area contributed by atoms with E-state index in [9.17, 15) is 27.2 Å². The predicted molar refractivity (Wildman–Crippen MR) is 103 cm³/mol. The van der Waals surface area contributed by atoms with Gasteiger partial charge in [-0.2, -0.15) is 5.10 Å². The maximum absolute atomic E-state index is 13.8. The number of benzene rings is 1. The van der Waals surface area contributed by atoms with Gasteiger partial charge in [-0.15, -0.1) is 0 Å². The van der Waals surface area contributed by atoms with Crippen molar-refractivity contribution in [1.82, 2.24) is 20.0 Å². The normalized spacial score (nSPS) is 20.2. The van der Waals surface area contributed by atoms with Crippen molar-refractivity contribution in [1.29, 1.82) is 0 Å². The van der Waals surface area contributed by atoms with Gasteiger partial charge >= 0.3 is 6.03 Å². The third-order valence-electron chi connectivity index (χ3n) is 5.45. The molecule has 166 valence electrons. The van der Waals surface area contributed by atoms with Crippen LogP contribution in [0.25, 0.3) is 11.3 Å². The van der Waals surface area contributed by atoms with E-state index in [1.807, 2.05) is 0 Å². The molecule has 0 radical (unpaired) electrons. The Balaban J connectivity index is 1.67. The molecular formula is C19H18ClF4N5O2. The minimum Gasteiger partial charge on any atom is -0.365 e. The highest BCUT2D eigenvalue weighted by atomic mass is 35.5. The summed E-state index contributed by atoms with van der Waals surface area (Å²) in [6.45, 7) is -1.12. The average molecular weight is 460 g/mol. The number of alkyl halides is 3. The number of nitrogens with zero attached hydrogens (tertiary/aromatic N) is 3. The van der Waals surface area contributed by atoms with Crippen LogP contribution in [0.5, 0.6) is 0 Å². The van der Waals surface area contributed by atoms with E-state index < -0.39 is 55.3 Å². The third-order valence-corrected chi connectivity index (χ3v) is 5.74. The highest BCUT2D eigenvalue weighted by Crippen LogP contribution is 2.38. The van der Waals surface area contributed by atoms with Crippen molar-refractivity contribution in [3.8, 4) is 11.3 Å². The van der Waals surface area contributed by atoms with Crippen molar-refractivity contribution in [3.05, 3.63) is 40.3 Å². The molecule has 0 unspecified atom stereocenters. The number of rotatable bonds is 4. The lowest BCUT2D eigenvalue weighted by atomic mass is 9.88. The van der Waals surface area contributed by atoms with E-state index in [1.165, 1.54) is 21.7 Å². The molecule has 12 heteroatoms. The van der Waals surface area contributed by atoms with Gasteiger partial charge in [0.1, 0.15) is 18.2 Å². The zero-order chi connectivity index (χ0) is 22.5. The van der Waals surface area contributed by atoms with Crippen molar-refractivity contribution >= 4 is 23.5 Å². The van der Waals surface area contributed by atoms with E-state index in [4.69, 9.17) is 17.3 Å². The summed E-state index contributed by atoms with van der Waals surface area (Å²) in [6.07, 6.45) is -0.919.